The van der Waals surface area contributed by atoms with Crippen LogP contribution in [0.5, 0.6) is 11.5 Å². The number of rotatable bonds is 3. The van der Waals surface area contributed by atoms with Gasteiger partial charge in [0.05, 0.1) is 13.4 Å². The molecule has 2 heterocycles. The second kappa shape index (κ2) is 6.92. The molecule has 1 aliphatic rings. The molecule has 5 atom stereocenters. The molecule has 1 aromatic carbocycles. The van der Waals surface area contributed by atoms with Crippen LogP contribution in [-0.4, -0.2) is 64.2 Å². The van der Waals surface area contributed by atoms with Gasteiger partial charge in [-0.15, -0.1) is 0 Å². The molecule has 1 aliphatic heterocycles. The molecule has 140 valence electrons. The highest BCUT2D eigenvalue weighted by molar-refractivity contribution is 5.84. The number of aliphatic hydroxyl groups excluding tert-OH is 3. The van der Waals surface area contributed by atoms with E-state index in [9.17, 15) is 30.0 Å². The van der Waals surface area contributed by atoms with Gasteiger partial charge < -0.3 is 39.1 Å². The number of hydrogen-bond acceptors (Lipinski definition) is 10. The van der Waals surface area contributed by atoms with Gasteiger partial charge in [0.25, 0.3) is 0 Å². The standard InChI is InChI=1S/C16H16O10/c1-23-15(22)14-12(20)11(19)13(21)16(26-14)25-6-4-8(18)10-7(17)2-3-24-9(10)5-6/h2-5,11-14,16,18-21H,1H3/t11-,12-,13+,14-,16+/m0/s1. The van der Waals surface area contributed by atoms with Crippen molar-refractivity contribution in [3.8, 4) is 11.5 Å². The molecule has 3 rings (SSSR count). The third kappa shape index (κ3) is 3.10. The number of ether oxygens (including phenoxy) is 3. The lowest BCUT2D eigenvalue weighted by atomic mass is 9.99. The molecular formula is C16H16O10. The number of carbonyl (C=O) groups is 1. The van der Waals surface area contributed by atoms with E-state index in [2.05, 4.69) is 4.74 Å². The molecule has 0 saturated carbocycles. The molecule has 10 nitrogen and oxygen atoms in total. The molecule has 0 aliphatic carbocycles. The second-order valence-corrected chi connectivity index (χ2v) is 5.64. The van der Waals surface area contributed by atoms with Gasteiger partial charge in [0.2, 0.25) is 6.29 Å². The average Bonchev–Trinajstić information content (AvgIpc) is 2.61. The molecule has 2 aromatic rings. The van der Waals surface area contributed by atoms with Gasteiger partial charge in [-0.2, -0.15) is 0 Å². The molecule has 26 heavy (non-hydrogen) atoms. The molecule has 4 N–H and O–H groups in total. The number of aliphatic hydroxyl groups is 3. The van der Waals surface area contributed by atoms with E-state index in [-0.39, 0.29) is 16.7 Å². The largest absolute Gasteiger partial charge is 0.507 e. The molecule has 0 spiro atoms. The van der Waals surface area contributed by atoms with E-state index in [1.807, 2.05) is 0 Å². The van der Waals surface area contributed by atoms with E-state index in [0.29, 0.717) is 0 Å². The Hall–Kier alpha value is -2.66. The number of fused-ring (bicyclic) bond motifs is 1. The molecule has 1 saturated heterocycles. The maximum absolute atomic E-state index is 11.7. The SMILES string of the molecule is COC(=O)[C@H]1O[C@@H](Oc2cc(O)c3c(=O)ccoc3c2)[C@H](O)[C@@H](O)[C@@H]1O. The highest BCUT2D eigenvalue weighted by Crippen LogP contribution is 2.31. The van der Waals surface area contributed by atoms with Gasteiger partial charge in [0.1, 0.15) is 40.8 Å². The fourth-order valence-electron chi connectivity index (χ4n) is 2.63. The zero-order valence-electron chi connectivity index (χ0n) is 13.4. The van der Waals surface area contributed by atoms with Crippen molar-refractivity contribution in [2.75, 3.05) is 7.11 Å². The summed E-state index contributed by atoms with van der Waals surface area (Å²) in [7, 11) is 1.06. The summed E-state index contributed by atoms with van der Waals surface area (Å²) in [5, 5.41) is 39.7. The van der Waals surface area contributed by atoms with Crippen LogP contribution in [0.3, 0.4) is 0 Å². The Labute approximate surface area is 145 Å². The number of hydrogen-bond donors (Lipinski definition) is 4. The molecule has 1 aromatic heterocycles. The number of benzene rings is 1. The van der Waals surface area contributed by atoms with E-state index in [1.165, 1.54) is 6.07 Å². The zero-order valence-corrected chi connectivity index (χ0v) is 13.4. The van der Waals surface area contributed by atoms with Gasteiger partial charge in [0.15, 0.2) is 11.5 Å². The topological polar surface area (TPSA) is 156 Å². The minimum atomic E-state index is -1.75. The Morgan fingerprint density at radius 2 is 1.88 bits per heavy atom. The summed E-state index contributed by atoms with van der Waals surface area (Å²) >= 11 is 0. The monoisotopic (exact) mass is 368 g/mol. The molecule has 10 heteroatoms. The summed E-state index contributed by atoms with van der Waals surface area (Å²) in [6.07, 6.45) is -7.19. The van der Waals surface area contributed by atoms with E-state index in [1.54, 1.807) is 0 Å². The lowest BCUT2D eigenvalue weighted by molar-refractivity contribution is -0.271. The van der Waals surface area contributed by atoms with Crippen molar-refractivity contribution in [3.63, 3.8) is 0 Å². The lowest BCUT2D eigenvalue weighted by Gasteiger charge is -2.38. The third-order valence-corrected chi connectivity index (χ3v) is 3.97. The highest BCUT2D eigenvalue weighted by atomic mass is 16.7. The van der Waals surface area contributed by atoms with Gasteiger partial charge in [-0.25, -0.2) is 4.79 Å². The first kappa shape index (κ1) is 18.1. The van der Waals surface area contributed by atoms with Crippen LogP contribution in [0.2, 0.25) is 0 Å². The van der Waals surface area contributed by atoms with Crippen molar-refractivity contribution in [2.24, 2.45) is 0 Å². The van der Waals surface area contributed by atoms with Gasteiger partial charge >= 0.3 is 5.97 Å². The molecule has 0 unspecified atom stereocenters. The van der Waals surface area contributed by atoms with Crippen LogP contribution in [0, 0.1) is 0 Å². The first-order valence-corrected chi connectivity index (χ1v) is 7.52. The van der Waals surface area contributed by atoms with E-state index < -0.39 is 47.9 Å². The van der Waals surface area contributed by atoms with Crippen LogP contribution < -0.4 is 10.2 Å². The average molecular weight is 368 g/mol. The number of esters is 1. The van der Waals surface area contributed by atoms with Crippen molar-refractivity contribution >= 4 is 16.9 Å². The maximum Gasteiger partial charge on any atom is 0.337 e. The number of methoxy groups -OCH3 is 1. The fourth-order valence-corrected chi connectivity index (χ4v) is 2.63. The second-order valence-electron chi connectivity index (χ2n) is 5.64. The zero-order chi connectivity index (χ0) is 19.0. The minimum Gasteiger partial charge on any atom is -0.507 e. The smallest absolute Gasteiger partial charge is 0.337 e. The van der Waals surface area contributed by atoms with Gasteiger partial charge in [0, 0.05) is 18.2 Å². The van der Waals surface area contributed by atoms with Crippen LogP contribution in [-0.2, 0) is 14.3 Å². The minimum absolute atomic E-state index is 0.0166. The van der Waals surface area contributed by atoms with Crippen LogP contribution in [0.15, 0.2) is 33.7 Å². The predicted octanol–water partition coefficient (Wildman–Crippen LogP) is -1.14. The summed E-state index contributed by atoms with van der Waals surface area (Å²) in [5.74, 6) is -1.47. The Kier molecular flexibility index (Phi) is 4.83. The van der Waals surface area contributed by atoms with Crippen LogP contribution in [0.4, 0.5) is 0 Å². The van der Waals surface area contributed by atoms with Crippen LogP contribution >= 0.6 is 0 Å². The summed E-state index contributed by atoms with van der Waals surface area (Å²) in [6.45, 7) is 0. The van der Waals surface area contributed by atoms with Crippen molar-refractivity contribution in [1.82, 2.24) is 0 Å². The first-order chi connectivity index (χ1) is 12.3. The summed E-state index contributed by atoms with van der Waals surface area (Å²) in [5.41, 5.74) is -0.448. The Balaban J connectivity index is 1.91. The summed E-state index contributed by atoms with van der Waals surface area (Å²) < 4.78 is 20.2. The molecule has 0 bridgehead atoms. The van der Waals surface area contributed by atoms with Crippen molar-refractivity contribution < 1.29 is 43.8 Å². The highest BCUT2D eigenvalue weighted by Gasteiger charge is 2.48. The van der Waals surface area contributed by atoms with E-state index >= 15 is 0 Å². The van der Waals surface area contributed by atoms with Gasteiger partial charge in [-0.05, 0) is 0 Å². The third-order valence-electron chi connectivity index (χ3n) is 3.97. The first-order valence-electron chi connectivity index (χ1n) is 7.52. The number of phenols is 1. The normalized spacial score (nSPS) is 28.7. The lowest BCUT2D eigenvalue weighted by Crippen LogP contribution is -2.61. The number of aromatic hydroxyl groups is 1. The van der Waals surface area contributed by atoms with Crippen molar-refractivity contribution in [1.29, 1.82) is 0 Å². The summed E-state index contributed by atoms with van der Waals surface area (Å²) in [6, 6.07) is 3.48. The van der Waals surface area contributed by atoms with Crippen LogP contribution in [0.1, 0.15) is 0 Å². The van der Waals surface area contributed by atoms with E-state index in [0.717, 1.165) is 25.5 Å². The van der Waals surface area contributed by atoms with E-state index in [4.69, 9.17) is 13.9 Å². The Morgan fingerprint density at radius 1 is 1.15 bits per heavy atom. The van der Waals surface area contributed by atoms with Crippen molar-refractivity contribution in [2.45, 2.75) is 30.7 Å². The van der Waals surface area contributed by atoms with Gasteiger partial charge in [-0.3, -0.25) is 4.79 Å². The molecular weight excluding hydrogens is 352 g/mol. The number of carbonyl (C=O) groups excluding carboxylic acids is 1. The Bertz CT molecular complexity index is 875. The fraction of sp³-hybridized carbons (Fsp3) is 0.375. The summed E-state index contributed by atoms with van der Waals surface area (Å²) in [4.78, 5) is 23.4. The molecule has 1 fully saturated rings. The van der Waals surface area contributed by atoms with Gasteiger partial charge in [-0.1, -0.05) is 0 Å². The maximum atomic E-state index is 11.7. The number of phenolic OH excluding ortho intramolecular Hbond substituents is 1. The van der Waals surface area contributed by atoms with Crippen molar-refractivity contribution in [3.05, 3.63) is 34.7 Å². The quantitative estimate of drug-likeness (QED) is 0.488. The Morgan fingerprint density at radius 3 is 2.58 bits per heavy atom. The predicted molar refractivity (Wildman–Crippen MR) is 83.5 cm³/mol. The molecule has 0 amide bonds. The van der Waals surface area contributed by atoms with Crippen LogP contribution in [0.25, 0.3) is 11.0 Å². The molecule has 0 radical (unpaired) electrons.